The van der Waals surface area contributed by atoms with Gasteiger partial charge in [0.15, 0.2) is 0 Å². The van der Waals surface area contributed by atoms with Gasteiger partial charge in [-0.3, -0.25) is 0 Å². The Labute approximate surface area is 147 Å². The van der Waals surface area contributed by atoms with Gasteiger partial charge in [-0.1, -0.05) is 23.2 Å². The van der Waals surface area contributed by atoms with Crippen molar-refractivity contribution in [3.8, 4) is 0 Å². The van der Waals surface area contributed by atoms with Crippen molar-refractivity contribution < 1.29 is 0 Å². The van der Waals surface area contributed by atoms with Crippen LogP contribution in [-0.4, -0.2) is 42.1 Å². The Bertz CT molecular complexity index is 661. The first kappa shape index (κ1) is 17.8. The van der Waals surface area contributed by atoms with Crippen molar-refractivity contribution in [3.63, 3.8) is 0 Å². The maximum absolute atomic E-state index is 6.17. The van der Waals surface area contributed by atoms with Crippen LogP contribution < -0.4 is 10.6 Å². The van der Waals surface area contributed by atoms with Crippen LogP contribution in [0.15, 0.2) is 24.3 Å². The zero-order valence-corrected chi connectivity index (χ0v) is 15.0. The summed E-state index contributed by atoms with van der Waals surface area (Å²) in [5, 5.41) is 7.71. The first-order valence-electron chi connectivity index (χ1n) is 7.40. The van der Waals surface area contributed by atoms with Crippen LogP contribution in [-0.2, 0) is 0 Å². The molecule has 0 aliphatic rings. The molecular weight excluding hydrogens is 333 g/mol. The van der Waals surface area contributed by atoms with Gasteiger partial charge >= 0.3 is 0 Å². The van der Waals surface area contributed by atoms with Gasteiger partial charge in [0.25, 0.3) is 0 Å². The van der Waals surface area contributed by atoms with Crippen LogP contribution in [0.2, 0.25) is 10.0 Å². The van der Waals surface area contributed by atoms with Gasteiger partial charge in [-0.2, -0.15) is 0 Å². The summed E-state index contributed by atoms with van der Waals surface area (Å²) in [4.78, 5) is 10.9. The van der Waals surface area contributed by atoms with E-state index in [4.69, 9.17) is 23.2 Å². The summed E-state index contributed by atoms with van der Waals surface area (Å²) in [5.41, 5.74) is 0.718. The SMILES string of the molecule is Cc1nc(NCCCN(C)C)cc(Nc2cc(Cl)ccc2Cl)n1. The molecular formula is C16H21Cl2N5. The van der Waals surface area contributed by atoms with Crippen LogP contribution in [0.5, 0.6) is 0 Å². The minimum Gasteiger partial charge on any atom is -0.370 e. The molecule has 0 aliphatic heterocycles. The number of aromatic nitrogens is 2. The van der Waals surface area contributed by atoms with E-state index < -0.39 is 0 Å². The lowest BCUT2D eigenvalue weighted by Crippen LogP contribution is -2.16. The van der Waals surface area contributed by atoms with E-state index in [-0.39, 0.29) is 0 Å². The maximum atomic E-state index is 6.17. The molecule has 0 fully saturated rings. The van der Waals surface area contributed by atoms with Gasteiger partial charge < -0.3 is 15.5 Å². The molecule has 1 aromatic carbocycles. The minimum absolute atomic E-state index is 0.589. The third kappa shape index (κ3) is 5.86. The minimum atomic E-state index is 0.589. The summed E-state index contributed by atoms with van der Waals surface area (Å²) >= 11 is 12.2. The molecule has 0 spiro atoms. The highest BCUT2D eigenvalue weighted by Crippen LogP contribution is 2.28. The number of anilines is 3. The monoisotopic (exact) mass is 353 g/mol. The predicted octanol–water partition coefficient (Wildman–Crippen LogP) is 4.20. The Morgan fingerprint density at radius 2 is 1.83 bits per heavy atom. The van der Waals surface area contributed by atoms with Crippen LogP contribution in [0.3, 0.4) is 0 Å². The number of halogens is 2. The summed E-state index contributed by atoms with van der Waals surface area (Å²) in [7, 11) is 4.12. The second-order valence-electron chi connectivity index (χ2n) is 5.52. The predicted molar refractivity (Wildman–Crippen MR) is 98.2 cm³/mol. The molecule has 0 saturated carbocycles. The molecule has 23 heavy (non-hydrogen) atoms. The Kier molecular flexibility index (Phi) is 6.45. The fraction of sp³-hybridized carbons (Fsp3) is 0.375. The average Bonchev–Trinajstić information content (AvgIpc) is 2.47. The maximum Gasteiger partial charge on any atom is 0.136 e. The number of rotatable bonds is 7. The third-order valence-electron chi connectivity index (χ3n) is 3.12. The fourth-order valence-corrected chi connectivity index (χ4v) is 2.40. The van der Waals surface area contributed by atoms with Crippen LogP contribution in [0.4, 0.5) is 17.3 Å². The number of aryl methyl sites for hydroxylation is 1. The average molecular weight is 354 g/mol. The van der Waals surface area contributed by atoms with E-state index in [0.29, 0.717) is 21.7 Å². The second kappa shape index (κ2) is 8.34. The topological polar surface area (TPSA) is 53.1 Å². The molecule has 0 amide bonds. The molecule has 0 aliphatic carbocycles. The molecule has 0 bridgehead atoms. The van der Waals surface area contributed by atoms with Crippen molar-refractivity contribution in [2.45, 2.75) is 13.3 Å². The molecule has 0 saturated heterocycles. The Morgan fingerprint density at radius 3 is 2.57 bits per heavy atom. The van der Waals surface area contributed by atoms with Gasteiger partial charge in [-0.05, 0) is 52.2 Å². The molecule has 0 unspecified atom stereocenters. The molecule has 2 aromatic rings. The summed E-state index contributed by atoms with van der Waals surface area (Å²) in [5.74, 6) is 2.15. The van der Waals surface area contributed by atoms with Crippen molar-refractivity contribution in [2.24, 2.45) is 0 Å². The van der Waals surface area contributed by atoms with Crippen molar-refractivity contribution >= 4 is 40.5 Å². The van der Waals surface area contributed by atoms with E-state index in [0.717, 1.165) is 31.0 Å². The van der Waals surface area contributed by atoms with E-state index in [1.165, 1.54) is 0 Å². The quantitative estimate of drug-likeness (QED) is 0.730. The van der Waals surface area contributed by atoms with Crippen LogP contribution >= 0.6 is 23.2 Å². The first-order chi connectivity index (χ1) is 10.9. The normalized spacial score (nSPS) is 10.9. The van der Waals surface area contributed by atoms with Crippen molar-refractivity contribution in [2.75, 3.05) is 37.8 Å². The Morgan fingerprint density at radius 1 is 1.09 bits per heavy atom. The summed E-state index contributed by atoms with van der Waals surface area (Å²) in [6, 6.07) is 7.13. The van der Waals surface area contributed by atoms with Gasteiger partial charge in [0, 0.05) is 17.6 Å². The van der Waals surface area contributed by atoms with Gasteiger partial charge in [-0.25, -0.2) is 9.97 Å². The highest BCUT2D eigenvalue weighted by atomic mass is 35.5. The van der Waals surface area contributed by atoms with Gasteiger partial charge in [0.2, 0.25) is 0 Å². The van der Waals surface area contributed by atoms with Crippen LogP contribution in [0.1, 0.15) is 12.2 Å². The van der Waals surface area contributed by atoms with Crippen LogP contribution in [0, 0.1) is 6.92 Å². The lowest BCUT2D eigenvalue weighted by atomic mass is 10.3. The molecule has 0 atom stereocenters. The van der Waals surface area contributed by atoms with Crippen molar-refractivity contribution in [1.29, 1.82) is 0 Å². The van der Waals surface area contributed by atoms with E-state index >= 15 is 0 Å². The number of nitrogens with one attached hydrogen (secondary N) is 2. The summed E-state index contributed by atoms with van der Waals surface area (Å²) < 4.78 is 0. The highest BCUT2D eigenvalue weighted by molar-refractivity contribution is 6.35. The van der Waals surface area contributed by atoms with E-state index in [1.54, 1.807) is 18.2 Å². The molecule has 7 heteroatoms. The smallest absolute Gasteiger partial charge is 0.136 e. The number of hydrogen-bond acceptors (Lipinski definition) is 5. The lowest BCUT2D eigenvalue weighted by molar-refractivity contribution is 0.405. The summed E-state index contributed by atoms with van der Waals surface area (Å²) in [6.07, 6.45) is 1.04. The van der Waals surface area contributed by atoms with Gasteiger partial charge in [0.05, 0.1) is 10.7 Å². The lowest BCUT2D eigenvalue weighted by Gasteiger charge is -2.12. The van der Waals surface area contributed by atoms with E-state index in [2.05, 4.69) is 39.6 Å². The number of benzene rings is 1. The molecule has 1 heterocycles. The van der Waals surface area contributed by atoms with Crippen molar-refractivity contribution in [1.82, 2.24) is 14.9 Å². The first-order valence-corrected chi connectivity index (χ1v) is 8.16. The molecule has 5 nitrogen and oxygen atoms in total. The zero-order valence-electron chi connectivity index (χ0n) is 13.5. The molecule has 2 rings (SSSR count). The van der Waals surface area contributed by atoms with E-state index in [9.17, 15) is 0 Å². The second-order valence-corrected chi connectivity index (χ2v) is 6.36. The standard InChI is InChI=1S/C16H21Cl2N5/c1-11-20-15(19-7-4-8-23(2)3)10-16(21-11)22-14-9-12(17)5-6-13(14)18/h5-6,9-10H,4,7-8H2,1-3H3,(H2,19,20,21,22). The molecule has 124 valence electrons. The van der Waals surface area contributed by atoms with Crippen LogP contribution in [0.25, 0.3) is 0 Å². The third-order valence-corrected chi connectivity index (χ3v) is 3.68. The number of nitrogens with zero attached hydrogens (tertiary/aromatic N) is 3. The fourth-order valence-electron chi connectivity index (χ4n) is 2.07. The van der Waals surface area contributed by atoms with Crippen molar-refractivity contribution in [3.05, 3.63) is 40.1 Å². The largest absolute Gasteiger partial charge is 0.370 e. The van der Waals surface area contributed by atoms with Gasteiger partial charge in [0.1, 0.15) is 17.5 Å². The Hall–Kier alpha value is -1.56. The van der Waals surface area contributed by atoms with Gasteiger partial charge in [-0.15, -0.1) is 0 Å². The zero-order chi connectivity index (χ0) is 16.8. The molecule has 1 aromatic heterocycles. The highest BCUT2D eigenvalue weighted by Gasteiger charge is 2.06. The molecule has 2 N–H and O–H groups in total. The molecule has 0 radical (unpaired) electrons. The summed E-state index contributed by atoms with van der Waals surface area (Å²) in [6.45, 7) is 3.74. The number of hydrogen-bond donors (Lipinski definition) is 2. The Balaban J connectivity index is 2.06. The van der Waals surface area contributed by atoms with E-state index in [1.807, 2.05) is 13.0 Å².